The van der Waals surface area contributed by atoms with E-state index in [-0.39, 0.29) is 18.1 Å². The lowest BCUT2D eigenvalue weighted by molar-refractivity contribution is 0.0919. The minimum Gasteiger partial charge on any atom is -0.454 e. The third-order valence-corrected chi connectivity index (χ3v) is 4.89. The average Bonchev–Trinajstić information content (AvgIpc) is 3.24. The van der Waals surface area contributed by atoms with Crippen LogP contribution in [0.25, 0.3) is 11.0 Å². The molecule has 0 spiro atoms. The normalized spacial score (nSPS) is 13.2. The van der Waals surface area contributed by atoms with E-state index in [1.54, 1.807) is 0 Å². The number of rotatable bonds is 4. The highest BCUT2D eigenvalue weighted by Crippen LogP contribution is 2.36. The van der Waals surface area contributed by atoms with Crippen molar-refractivity contribution in [3.63, 3.8) is 0 Å². The van der Waals surface area contributed by atoms with Crippen LogP contribution in [0, 0.1) is 6.92 Å². The molecule has 1 aliphatic rings. The molecule has 2 heterocycles. The highest BCUT2D eigenvalue weighted by Gasteiger charge is 2.26. The minimum absolute atomic E-state index is 0.201. The molecule has 0 unspecified atom stereocenters. The monoisotopic (exact) mass is 351 g/mol. The molecule has 2 aromatic carbocycles. The first-order chi connectivity index (χ1) is 12.5. The van der Waals surface area contributed by atoms with Crippen molar-refractivity contribution in [2.45, 2.75) is 26.2 Å². The Morgan fingerprint density at radius 1 is 1.12 bits per heavy atom. The second kappa shape index (κ2) is 6.09. The minimum atomic E-state index is -0.267. The zero-order valence-corrected chi connectivity index (χ0v) is 15.1. The third-order valence-electron chi connectivity index (χ3n) is 4.89. The molecule has 0 radical (unpaired) electrons. The number of amides is 1. The number of benzene rings is 2. The summed E-state index contributed by atoms with van der Waals surface area (Å²) in [6.45, 7) is 6.79. The van der Waals surface area contributed by atoms with Crippen LogP contribution in [0.2, 0.25) is 0 Å². The maximum absolute atomic E-state index is 12.7. The SMILES string of the molecule is Cc1c(C(=O)NCC(C)(C)c2ccc3c(c2)OCO3)oc2ccccc12. The zero-order valence-electron chi connectivity index (χ0n) is 15.1. The van der Waals surface area contributed by atoms with E-state index >= 15 is 0 Å². The van der Waals surface area contributed by atoms with Gasteiger partial charge < -0.3 is 19.2 Å². The number of hydrogen-bond acceptors (Lipinski definition) is 4. The molecule has 134 valence electrons. The number of carbonyl (C=O) groups excluding carboxylic acids is 1. The van der Waals surface area contributed by atoms with Crippen LogP contribution in [0.3, 0.4) is 0 Å². The lowest BCUT2D eigenvalue weighted by Gasteiger charge is -2.25. The first-order valence-electron chi connectivity index (χ1n) is 8.62. The van der Waals surface area contributed by atoms with Crippen molar-refractivity contribution >= 4 is 16.9 Å². The van der Waals surface area contributed by atoms with Crippen molar-refractivity contribution in [2.75, 3.05) is 13.3 Å². The molecule has 0 aliphatic carbocycles. The van der Waals surface area contributed by atoms with Gasteiger partial charge in [0.05, 0.1) is 0 Å². The van der Waals surface area contributed by atoms with E-state index < -0.39 is 0 Å². The van der Waals surface area contributed by atoms with Crippen LogP contribution in [-0.2, 0) is 5.41 Å². The Labute approximate surface area is 151 Å². The average molecular weight is 351 g/mol. The maximum Gasteiger partial charge on any atom is 0.287 e. The molecule has 4 rings (SSSR count). The van der Waals surface area contributed by atoms with E-state index in [0.29, 0.717) is 12.3 Å². The fraction of sp³-hybridized carbons (Fsp3) is 0.286. The summed E-state index contributed by atoms with van der Waals surface area (Å²) in [4.78, 5) is 12.7. The van der Waals surface area contributed by atoms with Crippen LogP contribution in [0.1, 0.15) is 35.5 Å². The number of nitrogens with one attached hydrogen (secondary N) is 1. The number of para-hydroxylation sites is 1. The predicted octanol–water partition coefficient (Wildman–Crippen LogP) is 4.18. The van der Waals surface area contributed by atoms with Gasteiger partial charge in [-0.2, -0.15) is 0 Å². The van der Waals surface area contributed by atoms with Crippen molar-refractivity contribution in [3.8, 4) is 11.5 Å². The highest BCUT2D eigenvalue weighted by atomic mass is 16.7. The standard InChI is InChI=1S/C21H21NO4/c1-13-15-6-4-5-7-16(15)26-19(13)20(23)22-11-21(2,3)14-8-9-17-18(10-14)25-12-24-17/h4-10H,11-12H2,1-3H3,(H,22,23). The molecule has 5 nitrogen and oxygen atoms in total. The second-order valence-corrected chi connectivity index (χ2v) is 7.19. The molecule has 5 heteroatoms. The number of hydrogen-bond donors (Lipinski definition) is 1. The molecule has 1 aliphatic heterocycles. The van der Waals surface area contributed by atoms with Gasteiger partial charge in [0.2, 0.25) is 6.79 Å². The van der Waals surface area contributed by atoms with Gasteiger partial charge in [-0.25, -0.2) is 0 Å². The van der Waals surface area contributed by atoms with Gasteiger partial charge in [-0.05, 0) is 30.7 Å². The molecule has 26 heavy (non-hydrogen) atoms. The Bertz CT molecular complexity index is 987. The molecular formula is C21H21NO4. The van der Waals surface area contributed by atoms with Crippen LogP contribution in [0.4, 0.5) is 0 Å². The Morgan fingerprint density at radius 2 is 1.88 bits per heavy atom. The summed E-state index contributed by atoms with van der Waals surface area (Å²) in [5, 5.41) is 3.97. The molecule has 0 bridgehead atoms. The van der Waals surface area contributed by atoms with Gasteiger partial charge >= 0.3 is 0 Å². The predicted molar refractivity (Wildman–Crippen MR) is 98.9 cm³/mol. The Morgan fingerprint density at radius 3 is 2.69 bits per heavy atom. The molecule has 0 fully saturated rings. The molecule has 1 N–H and O–H groups in total. The summed E-state index contributed by atoms with van der Waals surface area (Å²) in [6.07, 6.45) is 0. The summed E-state index contributed by atoms with van der Waals surface area (Å²) < 4.78 is 16.6. The van der Waals surface area contributed by atoms with Crippen molar-refractivity contribution in [3.05, 3.63) is 59.4 Å². The van der Waals surface area contributed by atoms with E-state index in [4.69, 9.17) is 13.9 Å². The molecule has 1 amide bonds. The van der Waals surface area contributed by atoms with E-state index in [0.717, 1.165) is 33.6 Å². The summed E-state index contributed by atoms with van der Waals surface area (Å²) in [7, 11) is 0. The lowest BCUT2D eigenvalue weighted by atomic mass is 9.84. The Balaban J connectivity index is 1.51. The fourth-order valence-corrected chi connectivity index (χ4v) is 3.19. The van der Waals surface area contributed by atoms with E-state index in [2.05, 4.69) is 19.2 Å². The highest BCUT2D eigenvalue weighted by molar-refractivity contribution is 5.98. The van der Waals surface area contributed by atoms with Crippen LogP contribution >= 0.6 is 0 Å². The first-order valence-corrected chi connectivity index (χ1v) is 8.62. The molecule has 1 aromatic heterocycles. The van der Waals surface area contributed by atoms with Crippen LogP contribution in [0.5, 0.6) is 11.5 Å². The van der Waals surface area contributed by atoms with Crippen LogP contribution in [0.15, 0.2) is 46.9 Å². The number of ether oxygens (including phenoxy) is 2. The van der Waals surface area contributed by atoms with Crippen molar-refractivity contribution in [1.29, 1.82) is 0 Å². The van der Waals surface area contributed by atoms with Gasteiger partial charge in [0.1, 0.15) is 5.58 Å². The molecule has 0 atom stereocenters. The van der Waals surface area contributed by atoms with Gasteiger partial charge in [-0.1, -0.05) is 38.1 Å². The second-order valence-electron chi connectivity index (χ2n) is 7.19. The number of aryl methyl sites for hydroxylation is 1. The maximum atomic E-state index is 12.7. The summed E-state index contributed by atoms with van der Waals surface area (Å²) >= 11 is 0. The van der Waals surface area contributed by atoms with Crippen molar-refractivity contribution < 1.29 is 18.7 Å². The van der Waals surface area contributed by atoms with Gasteiger partial charge in [0.15, 0.2) is 17.3 Å². The van der Waals surface area contributed by atoms with Crippen molar-refractivity contribution in [1.82, 2.24) is 5.32 Å². The Kier molecular flexibility index (Phi) is 3.87. The molecule has 0 saturated heterocycles. The number of carbonyl (C=O) groups is 1. The summed E-state index contributed by atoms with van der Waals surface area (Å²) in [6, 6.07) is 13.6. The number of furan rings is 1. The topological polar surface area (TPSA) is 60.7 Å². The Hall–Kier alpha value is -2.95. The van der Waals surface area contributed by atoms with Crippen molar-refractivity contribution in [2.24, 2.45) is 0 Å². The van der Waals surface area contributed by atoms with Gasteiger partial charge in [0.25, 0.3) is 5.91 Å². The lowest BCUT2D eigenvalue weighted by Crippen LogP contribution is -2.36. The fourth-order valence-electron chi connectivity index (χ4n) is 3.19. The smallest absolute Gasteiger partial charge is 0.287 e. The molecular weight excluding hydrogens is 330 g/mol. The third kappa shape index (κ3) is 2.79. The van der Waals surface area contributed by atoms with E-state index in [1.807, 2.05) is 49.4 Å². The molecule has 0 saturated carbocycles. The number of fused-ring (bicyclic) bond motifs is 2. The first kappa shape index (κ1) is 16.5. The largest absolute Gasteiger partial charge is 0.454 e. The summed E-state index contributed by atoms with van der Waals surface area (Å²) in [5.74, 6) is 1.67. The zero-order chi connectivity index (χ0) is 18.3. The van der Waals surface area contributed by atoms with Crippen LogP contribution < -0.4 is 14.8 Å². The van der Waals surface area contributed by atoms with Gasteiger partial charge in [0, 0.05) is 22.9 Å². The van der Waals surface area contributed by atoms with Crippen LogP contribution in [-0.4, -0.2) is 19.2 Å². The van der Waals surface area contributed by atoms with Gasteiger partial charge in [-0.3, -0.25) is 4.79 Å². The van der Waals surface area contributed by atoms with Gasteiger partial charge in [-0.15, -0.1) is 0 Å². The molecule has 3 aromatic rings. The quantitative estimate of drug-likeness (QED) is 0.766. The summed E-state index contributed by atoms with van der Waals surface area (Å²) in [5.41, 5.74) is 2.39. The van der Waals surface area contributed by atoms with E-state index in [1.165, 1.54) is 0 Å². The van der Waals surface area contributed by atoms with E-state index in [9.17, 15) is 4.79 Å².